The molecule has 4 rings (SSSR count). The van der Waals surface area contributed by atoms with Gasteiger partial charge in [0.15, 0.2) is 11.8 Å². The Morgan fingerprint density at radius 3 is 2.82 bits per heavy atom. The van der Waals surface area contributed by atoms with E-state index >= 15 is 0 Å². The van der Waals surface area contributed by atoms with Crippen molar-refractivity contribution in [3.63, 3.8) is 0 Å². The number of morpholine rings is 1. The Morgan fingerprint density at radius 1 is 1.29 bits per heavy atom. The molecule has 2 aromatic rings. The monoisotopic (exact) mass is 498 g/mol. The van der Waals surface area contributed by atoms with Crippen molar-refractivity contribution in [2.75, 3.05) is 33.3 Å². The number of ether oxygens (including phenoxy) is 1. The van der Waals surface area contributed by atoms with Crippen LogP contribution in [0.1, 0.15) is 17.3 Å². The fraction of sp³-hybridized carbons (Fsp3) is 0.526. The van der Waals surface area contributed by atoms with Crippen LogP contribution >= 0.6 is 24.0 Å². The lowest BCUT2D eigenvalue weighted by atomic mass is 10.1. The van der Waals surface area contributed by atoms with Crippen LogP contribution in [0.3, 0.4) is 0 Å². The molecule has 0 radical (unpaired) electrons. The lowest BCUT2D eigenvalue weighted by Gasteiger charge is -2.36. The Morgan fingerprint density at radius 2 is 2.11 bits per heavy atom. The number of nitrogens with one attached hydrogen (secondary N) is 1. The number of hydrogen-bond donors (Lipinski definition) is 1. The topological polar surface area (TPSA) is 79.0 Å². The summed E-state index contributed by atoms with van der Waals surface area (Å²) in [6.07, 6.45) is 0.202. The lowest BCUT2D eigenvalue weighted by Crippen LogP contribution is -2.50. The summed E-state index contributed by atoms with van der Waals surface area (Å²) in [5, 5.41) is 7.26. The molecule has 0 saturated carbocycles. The maximum Gasteiger partial charge on any atom is 0.223 e. The highest BCUT2D eigenvalue weighted by Crippen LogP contribution is 2.24. The van der Waals surface area contributed by atoms with E-state index in [-0.39, 0.29) is 30.1 Å². The zero-order valence-electron chi connectivity index (χ0n) is 16.2. The van der Waals surface area contributed by atoms with Gasteiger partial charge in [0, 0.05) is 40.2 Å². The van der Waals surface area contributed by atoms with E-state index in [0.717, 1.165) is 38.7 Å². The van der Waals surface area contributed by atoms with Gasteiger partial charge in [-0.3, -0.25) is 9.89 Å². The highest BCUT2D eigenvalue weighted by molar-refractivity contribution is 14.0. The minimum atomic E-state index is 0. The summed E-state index contributed by atoms with van der Waals surface area (Å²) in [7, 11) is 1.80. The molecular formula is C19H27IN6O2. The molecule has 1 aromatic heterocycles. The molecule has 152 valence electrons. The van der Waals surface area contributed by atoms with E-state index in [9.17, 15) is 0 Å². The third-order valence-electron chi connectivity index (χ3n) is 5.13. The number of benzene rings is 1. The molecule has 0 aliphatic carbocycles. The maximum atomic E-state index is 6.06. The van der Waals surface area contributed by atoms with Crippen LogP contribution in [0.2, 0.25) is 0 Å². The molecule has 1 aromatic carbocycles. The van der Waals surface area contributed by atoms with Crippen LogP contribution in [-0.4, -0.2) is 71.3 Å². The molecule has 2 aliphatic heterocycles. The van der Waals surface area contributed by atoms with Gasteiger partial charge in [0.25, 0.3) is 0 Å². The first-order chi connectivity index (χ1) is 13.2. The van der Waals surface area contributed by atoms with E-state index in [1.54, 1.807) is 14.0 Å². The van der Waals surface area contributed by atoms with Crippen LogP contribution in [0.5, 0.6) is 0 Å². The second-order valence-corrected chi connectivity index (χ2v) is 6.97. The number of fused-ring (bicyclic) bond motifs is 1. The Balaban J connectivity index is 0.00000225. The van der Waals surface area contributed by atoms with Crippen LogP contribution in [0.25, 0.3) is 0 Å². The molecule has 2 fully saturated rings. The van der Waals surface area contributed by atoms with Gasteiger partial charge >= 0.3 is 0 Å². The Kier molecular flexibility index (Phi) is 7.24. The SMILES string of the molecule is CN=C(NCc1noc(C)n1)N1CC2OCCN(Cc3ccccc3)C2C1.I. The summed E-state index contributed by atoms with van der Waals surface area (Å²) >= 11 is 0. The zero-order valence-corrected chi connectivity index (χ0v) is 18.6. The first kappa shape index (κ1) is 21.0. The van der Waals surface area contributed by atoms with Crippen LogP contribution in [0.4, 0.5) is 0 Å². The second kappa shape index (κ2) is 9.66. The van der Waals surface area contributed by atoms with Crippen molar-refractivity contribution in [3.05, 3.63) is 47.6 Å². The van der Waals surface area contributed by atoms with E-state index in [0.29, 0.717) is 24.3 Å². The van der Waals surface area contributed by atoms with E-state index in [2.05, 4.69) is 60.6 Å². The summed E-state index contributed by atoms with van der Waals surface area (Å²) in [4.78, 5) is 13.4. The number of guanidine groups is 1. The number of aryl methyl sites for hydroxylation is 1. The number of likely N-dealkylation sites (tertiary alicyclic amines) is 1. The maximum absolute atomic E-state index is 6.06. The molecule has 1 N–H and O–H groups in total. The summed E-state index contributed by atoms with van der Waals surface area (Å²) in [5.74, 6) is 2.04. The van der Waals surface area contributed by atoms with Crippen molar-refractivity contribution in [2.45, 2.75) is 32.2 Å². The second-order valence-electron chi connectivity index (χ2n) is 6.97. The number of halogens is 1. The molecule has 28 heavy (non-hydrogen) atoms. The van der Waals surface area contributed by atoms with Crippen LogP contribution in [0, 0.1) is 6.92 Å². The van der Waals surface area contributed by atoms with Crippen molar-refractivity contribution in [1.29, 1.82) is 0 Å². The molecule has 8 nitrogen and oxygen atoms in total. The first-order valence-electron chi connectivity index (χ1n) is 9.37. The average Bonchev–Trinajstić information content (AvgIpc) is 3.30. The van der Waals surface area contributed by atoms with E-state index in [1.807, 2.05) is 0 Å². The van der Waals surface area contributed by atoms with Gasteiger partial charge in [-0.1, -0.05) is 35.5 Å². The van der Waals surface area contributed by atoms with Crippen molar-refractivity contribution in [2.24, 2.45) is 4.99 Å². The quantitative estimate of drug-likeness (QED) is 0.390. The van der Waals surface area contributed by atoms with Gasteiger partial charge in [-0.2, -0.15) is 4.98 Å². The normalized spacial score (nSPS) is 22.6. The van der Waals surface area contributed by atoms with E-state index < -0.39 is 0 Å². The molecule has 0 amide bonds. The molecule has 2 atom stereocenters. The molecule has 0 bridgehead atoms. The Hall–Kier alpha value is -1.72. The first-order valence-corrected chi connectivity index (χ1v) is 9.37. The minimum absolute atomic E-state index is 0. The number of aliphatic imine (C=N–C) groups is 1. The van der Waals surface area contributed by atoms with Crippen molar-refractivity contribution in [3.8, 4) is 0 Å². The fourth-order valence-corrected chi connectivity index (χ4v) is 3.85. The van der Waals surface area contributed by atoms with Crippen molar-refractivity contribution < 1.29 is 9.26 Å². The van der Waals surface area contributed by atoms with Crippen molar-refractivity contribution in [1.82, 2.24) is 25.3 Å². The largest absolute Gasteiger partial charge is 0.373 e. The van der Waals surface area contributed by atoms with Crippen LogP contribution in [0.15, 0.2) is 39.8 Å². The van der Waals surface area contributed by atoms with Gasteiger partial charge in [0.1, 0.15) is 0 Å². The summed E-state index contributed by atoms with van der Waals surface area (Å²) < 4.78 is 11.1. The van der Waals surface area contributed by atoms with Crippen LogP contribution < -0.4 is 5.32 Å². The summed E-state index contributed by atoms with van der Waals surface area (Å²) in [6, 6.07) is 11.0. The minimum Gasteiger partial charge on any atom is -0.373 e. The average molecular weight is 498 g/mol. The fourth-order valence-electron chi connectivity index (χ4n) is 3.85. The third kappa shape index (κ3) is 4.81. The molecule has 2 unspecified atom stereocenters. The predicted octanol–water partition coefficient (Wildman–Crippen LogP) is 1.66. The molecule has 2 aliphatic rings. The van der Waals surface area contributed by atoms with Gasteiger partial charge in [-0.15, -0.1) is 24.0 Å². The number of hydrogen-bond acceptors (Lipinski definition) is 6. The van der Waals surface area contributed by atoms with Crippen molar-refractivity contribution >= 4 is 29.9 Å². The number of nitrogens with zero attached hydrogens (tertiary/aromatic N) is 5. The van der Waals surface area contributed by atoms with E-state index in [1.165, 1.54) is 5.56 Å². The van der Waals surface area contributed by atoms with E-state index in [4.69, 9.17) is 9.26 Å². The molecule has 0 spiro atoms. The molecule has 3 heterocycles. The van der Waals surface area contributed by atoms with Gasteiger partial charge in [-0.25, -0.2) is 0 Å². The third-order valence-corrected chi connectivity index (χ3v) is 5.13. The Bertz CT molecular complexity index is 784. The Labute approximate surface area is 182 Å². The highest BCUT2D eigenvalue weighted by atomic mass is 127. The number of aromatic nitrogens is 2. The summed E-state index contributed by atoms with van der Waals surface area (Å²) in [5.41, 5.74) is 1.34. The van der Waals surface area contributed by atoms with Crippen LogP contribution in [-0.2, 0) is 17.8 Å². The van der Waals surface area contributed by atoms with Gasteiger partial charge < -0.3 is 19.5 Å². The van der Waals surface area contributed by atoms with Gasteiger partial charge in [0.05, 0.1) is 25.3 Å². The smallest absolute Gasteiger partial charge is 0.223 e. The highest BCUT2D eigenvalue weighted by Gasteiger charge is 2.41. The van der Waals surface area contributed by atoms with Gasteiger partial charge in [0.2, 0.25) is 5.89 Å². The lowest BCUT2D eigenvalue weighted by molar-refractivity contribution is -0.0502. The molecular weight excluding hydrogens is 471 g/mol. The zero-order chi connectivity index (χ0) is 18.6. The molecule has 2 saturated heterocycles. The number of rotatable bonds is 4. The molecule has 9 heteroatoms. The summed E-state index contributed by atoms with van der Waals surface area (Å²) in [6.45, 7) is 6.68. The van der Waals surface area contributed by atoms with Gasteiger partial charge in [-0.05, 0) is 5.56 Å². The standard InChI is InChI=1S/C19H26N6O2.HI/c1-14-22-18(23-27-14)10-21-19(20-2)25-12-16-17(13-25)26-9-8-24(16)11-15-6-4-3-5-7-15;/h3-7,16-17H,8-13H2,1-2H3,(H,20,21);1H. The predicted molar refractivity (Wildman–Crippen MR) is 117 cm³/mol.